The first-order valence-electron chi connectivity index (χ1n) is 11.2. The maximum absolute atomic E-state index is 13.0. The fourth-order valence-electron chi connectivity index (χ4n) is 3.47. The Labute approximate surface area is 199 Å². The third-order valence-corrected chi connectivity index (χ3v) is 6.12. The van der Waals surface area contributed by atoms with E-state index in [4.69, 9.17) is 19.3 Å². The van der Waals surface area contributed by atoms with Crippen LogP contribution in [0, 0.1) is 0 Å². The summed E-state index contributed by atoms with van der Waals surface area (Å²) >= 11 is 1.58. The van der Waals surface area contributed by atoms with Gasteiger partial charge in [0.2, 0.25) is 11.1 Å². The van der Waals surface area contributed by atoms with E-state index in [0.29, 0.717) is 40.5 Å². The summed E-state index contributed by atoms with van der Waals surface area (Å²) in [5.74, 6) is 2.32. The number of nitrogens with one attached hydrogen (secondary N) is 1. The third kappa shape index (κ3) is 5.71. The van der Waals surface area contributed by atoms with E-state index < -0.39 is 12.0 Å². The van der Waals surface area contributed by atoms with Crippen molar-refractivity contribution in [2.24, 2.45) is 0 Å². The van der Waals surface area contributed by atoms with Crippen LogP contribution in [0.15, 0.2) is 47.3 Å². The van der Waals surface area contributed by atoms with Crippen molar-refractivity contribution in [2.45, 2.75) is 51.2 Å². The molecule has 8 nitrogen and oxygen atoms in total. The number of aromatic nitrogens is 3. The predicted molar refractivity (Wildman–Crippen MR) is 130 cm³/mol. The van der Waals surface area contributed by atoms with Crippen LogP contribution < -0.4 is 14.8 Å². The van der Waals surface area contributed by atoms with E-state index in [1.165, 1.54) is 0 Å². The van der Waals surface area contributed by atoms with Crippen LogP contribution in [0.1, 0.15) is 51.6 Å². The molecular weight excluding hydrogens is 440 g/mol. The highest BCUT2D eigenvalue weighted by molar-refractivity contribution is 7.99. The fourth-order valence-corrected chi connectivity index (χ4v) is 4.15. The predicted octanol–water partition coefficient (Wildman–Crippen LogP) is 4.99. The number of ether oxygens (including phenoxy) is 3. The number of esters is 1. The van der Waals surface area contributed by atoms with E-state index in [1.54, 1.807) is 29.6 Å². The molecule has 0 amide bonds. The van der Waals surface area contributed by atoms with Crippen LogP contribution in [0.3, 0.4) is 0 Å². The molecule has 2 aromatic rings. The Morgan fingerprint density at radius 1 is 1.30 bits per heavy atom. The largest absolute Gasteiger partial charge is 0.493 e. The van der Waals surface area contributed by atoms with Gasteiger partial charge in [0, 0.05) is 11.4 Å². The Kier molecular flexibility index (Phi) is 8.82. The first-order chi connectivity index (χ1) is 16.0. The summed E-state index contributed by atoms with van der Waals surface area (Å²) < 4.78 is 18.6. The minimum absolute atomic E-state index is 0.123. The number of nitrogens with zero attached hydrogens (tertiary/aromatic N) is 3. The van der Waals surface area contributed by atoms with Crippen molar-refractivity contribution in [2.75, 3.05) is 31.4 Å². The Morgan fingerprint density at radius 2 is 2.12 bits per heavy atom. The van der Waals surface area contributed by atoms with Gasteiger partial charge in [0.05, 0.1) is 19.3 Å². The summed E-state index contributed by atoms with van der Waals surface area (Å²) in [5, 5.41) is 8.57. The highest BCUT2D eigenvalue weighted by Crippen LogP contribution is 2.39. The fraction of sp³-hybridized carbons (Fsp3) is 0.458. The summed E-state index contributed by atoms with van der Waals surface area (Å²) in [6, 6.07) is 5.16. The van der Waals surface area contributed by atoms with Crippen molar-refractivity contribution in [3.8, 4) is 11.5 Å². The molecule has 1 aromatic heterocycles. The summed E-state index contributed by atoms with van der Waals surface area (Å²) in [6.07, 6.45) is 4.56. The molecule has 0 radical (unpaired) electrons. The zero-order chi connectivity index (χ0) is 23.8. The zero-order valence-electron chi connectivity index (χ0n) is 19.7. The van der Waals surface area contributed by atoms with Crippen LogP contribution >= 0.6 is 11.8 Å². The van der Waals surface area contributed by atoms with E-state index in [-0.39, 0.29) is 6.61 Å². The van der Waals surface area contributed by atoms with Crippen molar-refractivity contribution in [1.82, 2.24) is 14.8 Å². The summed E-state index contributed by atoms with van der Waals surface area (Å²) in [6.45, 7) is 10.4. The standard InChI is InChI=1S/C24H32N4O4S/c1-6-9-13-31-18-11-10-17(15-19(18)30-5)21-20(22(29)32-12-7-2)16(4)25-23-26-24(27-28(21)23)33-14-8-3/h7,10-11,15,21H,2,6,8-9,12-14H2,1,3-5H3,(H,25,26,27). The SMILES string of the molecule is C=CCOC(=O)C1=C(C)Nc2nc(SCCC)nn2C1c1ccc(OCCCC)c(OC)c1. The van der Waals surface area contributed by atoms with Gasteiger partial charge in [-0.1, -0.05) is 50.8 Å². The molecule has 3 rings (SSSR count). The number of allylic oxidation sites excluding steroid dienone is 1. The van der Waals surface area contributed by atoms with Crippen LogP contribution in [-0.4, -0.2) is 46.8 Å². The van der Waals surface area contributed by atoms with Gasteiger partial charge in [0.15, 0.2) is 11.5 Å². The van der Waals surface area contributed by atoms with Crippen molar-refractivity contribution in [3.63, 3.8) is 0 Å². The molecule has 1 N–H and O–H groups in total. The van der Waals surface area contributed by atoms with Gasteiger partial charge in [0.25, 0.3) is 0 Å². The number of anilines is 1. The normalized spacial score (nSPS) is 15.0. The Hall–Kier alpha value is -2.94. The first kappa shape index (κ1) is 24.7. The van der Waals surface area contributed by atoms with Gasteiger partial charge >= 0.3 is 5.97 Å². The molecule has 1 unspecified atom stereocenters. The average Bonchev–Trinajstić information content (AvgIpc) is 3.22. The Bertz CT molecular complexity index is 1020. The summed E-state index contributed by atoms with van der Waals surface area (Å²) in [7, 11) is 1.61. The minimum atomic E-state index is -0.527. The van der Waals surface area contributed by atoms with Gasteiger partial charge in [-0.15, -0.1) is 5.10 Å². The molecular formula is C24H32N4O4S. The summed E-state index contributed by atoms with van der Waals surface area (Å²) in [5.41, 5.74) is 1.95. The quantitative estimate of drug-likeness (QED) is 0.200. The lowest BCUT2D eigenvalue weighted by Crippen LogP contribution is -2.29. The molecule has 1 aliphatic heterocycles. The highest BCUT2D eigenvalue weighted by Gasteiger charge is 2.35. The second-order valence-electron chi connectivity index (χ2n) is 7.58. The molecule has 1 aromatic carbocycles. The smallest absolute Gasteiger partial charge is 0.338 e. The molecule has 1 aliphatic rings. The lowest BCUT2D eigenvalue weighted by molar-refractivity contribution is -0.138. The monoisotopic (exact) mass is 472 g/mol. The van der Waals surface area contributed by atoms with Crippen molar-refractivity contribution in [1.29, 1.82) is 0 Å². The van der Waals surface area contributed by atoms with Crippen molar-refractivity contribution < 1.29 is 19.0 Å². The van der Waals surface area contributed by atoms with E-state index in [2.05, 4.69) is 30.7 Å². The average molecular weight is 473 g/mol. The van der Waals surface area contributed by atoms with Gasteiger partial charge < -0.3 is 19.5 Å². The maximum Gasteiger partial charge on any atom is 0.338 e. The van der Waals surface area contributed by atoms with Crippen LogP contribution in [0.2, 0.25) is 0 Å². The van der Waals surface area contributed by atoms with Crippen LogP contribution in [0.5, 0.6) is 11.5 Å². The Balaban J connectivity index is 2.05. The van der Waals surface area contributed by atoms with Crippen LogP contribution in [-0.2, 0) is 9.53 Å². The van der Waals surface area contributed by atoms with Gasteiger partial charge in [-0.3, -0.25) is 0 Å². The van der Waals surface area contributed by atoms with Gasteiger partial charge in [-0.25, -0.2) is 9.48 Å². The molecule has 0 saturated carbocycles. The number of thioether (sulfide) groups is 1. The zero-order valence-corrected chi connectivity index (χ0v) is 20.5. The molecule has 33 heavy (non-hydrogen) atoms. The topological polar surface area (TPSA) is 87.5 Å². The number of benzene rings is 1. The van der Waals surface area contributed by atoms with Crippen LogP contribution in [0.4, 0.5) is 5.95 Å². The van der Waals surface area contributed by atoms with Crippen molar-refractivity contribution in [3.05, 3.63) is 47.7 Å². The number of rotatable bonds is 12. The molecule has 178 valence electrons. The second kappa shape index (κ2) is 11.8. The number of carbonyl (C=O) groups is 1. The Morgan fingerprint density at radius 3 is 2.82 bits per heavy atom. The maximum atomic E-state index is 13.0. The van der Waals surface area contributed by atoms with E-state index in [9.17, 15) is 4.79 Å². The molecule has 0 aliphatic carbocycles. The minimum Gasteiger partial charge on any atom is -0.493 e. The van der Waals surface area contributed by atoms with Crippen LogP contribution in [0.25, 0.3) is 0 Å². The number of fused-ring (bicyclic) bond motifs is 1. The lowest BCUT2D eigenvalue weighted by Gasteiger charge is -2.28. The van der Waals surface area contributed by atoms with Gasteiger partial charge in [-0.2, -0.15) is 4.98 Å². The highest BCUT2D eigenvalue weighted by atomic mass is 32.2. The third-order valence-electron chi connectivity index (χ3n) is 5.08. The van der Waals surface area contributed by atoms with E-state index in [0.717, 1.165) is 30.6 Å². The molecule has 0 saturated heterocycles. The number of hydrogen-bond donors (Lipinski definition) is 1. The molecule has 9 heteroatoms. The number of carbonyl (C=O) groups excluding carboxylic acids is 1. The number of methoxy groups -OCH3 is 1. The molecule has 0 fully saturated rings. The lowest BCUT2D eigenvalue weighted by atomic mass is 9.95. The van der Waals surface area contributed by atoms with Gasteiger partial charge in [0.1, 0.15) is 12.6 Å². The summed E-state index contributed by atoms with van der Waals surface area (Å²) in [4.78, 5) is 17.7. The van der Waals surface area contributed by atoms with Crippen molar-refractivity contribution >= 4 is 23.7 Å². The molecule has 0 bridgehead atoms. The molecule has 2 heterocycles. The van der Waals surface area contributed by atoms with E-state index >= 15 is 0 Å². The molecule has 0 spiro atoms. The van der Waals surface area contributed by atoms with E-state index in [1.807, 2.05) is 25.1 Å². The molecule has 1 atom stereocenters. The number of unbranched alkanes of at least 4 members (excludes halogenated alkanes) is 1. The van der Waals surface area contributed by atoms with Gasteiger partial charge in [-0.05, 0) is 37.5 Å². The second-order valence-corrected chi connectivity index (χ2v) is 8.64. The number of hydrogen-bond acceptors (Lipinski definition) is 8. The first-order valence-corrected chi connectivity index (χ1v) is 12.2.